The number of aliphatic hydroxyl groups is 1. The maximum absolute atomic E-state index is 12.5. The summed E-state index contributed by atoms with van der Waals surface area (Å²) >= 11 is 0. The molecule has 1 aromatic carbocycles. The number of benzene rings is 1. The van der Waals surface area contributed by atoms with Crippen molar-refractivity contribution < 1.29 is 19.4 Å². The van der Waals surface area contributed by atoms with Crippen molar-refractivity contribution >= 4 is 28.6 Å². The second kappa shape index (κ2) is 10.9. The molecule has 11 heteroatoms. The van der Waals surface area contributed by atoms with Crippen LogP contribution in [0.4, 0.5) is 16.3 Å². The van der Waals surface area contributed by atoms with Gasteiger partial charge in [0.25, 0.3) is 0 Å². The predicted molar refractivity (Wildman–Crippen MR) is 147 cm³/mol. The molecule has 1 fully saturated rings. The first-order valence-corrected chi connectivity index (χ1v) is 13.0. The fourth-order valence-corrected chi connectivity index (χ4v) is 4.37. The molecule has 0 spiro atoms. The normalized spacial score (nSPS) is 15.5. The first-order chi connectivity index (χ1) is 18.7. The van der Waals surface area contributed by atoms with Crippen molar-refractivity contribution in [3.8, 4) is 11.7 Å². The molecule has 1 atom stereocenters. The number of hydrogen-bond acceptors (Lipinski definition) is 9. The monoisotopic (exact) mass is 531 g/mol. The standard InChI is InChI=1S/C28H33N7O4/c1-18-5-9-24(33-32-18)30-20-7-8-23-22(15-20)29-17-35(23)25-10-6-19(12-14-36)26(31-25)38-21-11-13-34(16-21)27(37)39-28(2,3)4/h5-10,15,17,21,36H,11-14,16H2,1-4H3,(H,30,33)/t21-/m0/s1. The number of hydrogen-bond donors (Lipinski definition) is 2. The number of aryl methyl sites for hydroxylation is 1. The van der Waals surface area contributed by atoms with Gasteiger partial charge < -0.3 is 24.8 Å². The second-order valence-corrected chi connectivity index (χ2v) is 10.6. The van der Waals surface area contributed by atoms with Crippen LogP contribution < -0.4 is 10.1 Å². The zero-order valence-electron chi connectivity index (χ0n) is 22.6. The minimum atomic E-state index is -0.556. The van der Waals surface area contributed by atoms with Crippen LogP contribution in [0.15, 0.2) is 48.8 Å². The quantitative estimate of drug-likeness (QED) is 0.361. The lowest BCUT2D eigenvalue weighted by Crippen LogP contribution is -2.36. The van der Waals surface area contributed by atoms with Gasteiger partial charge in [0.2, 0.25) is 5.88 Å². The number of aromatic nitrogens is 5. The van der Waals surface area contributed by atoms with E-state index in [4.69, 9.17) is 14.5 Å². The molecule has 3 aromatic heterocycles. The van der Waals surface area contributed by atoms with Crippen molar-refractivity contribution in [3.63, 3.8) is 0 Å². The van der Waals surface area contributed by atoms with E-state index < -0.39 is 5.60 Å². The number of rotatable bonds is 7. The highest BCUT2D eigenvalue weighted by atomic mass is 16.6. The van der Waals surface area contributed by atoms with E-state index in [2.05, 4.69) is 20.5 Å². The molecule has 5 rings (SSSR count). The van der Waals surface area contributed by atoms with E-state index in [0.717, 1.165) is 28.0 Å². The number of aliphatic hydroxyl groups excluding tert-OH is 1. The number of nitrogens with zero attached hydrogens (tertiary/aromatic N) is 6. The maximum Gasteiger partial charge on any atom is 0.410 e. The molecule has 1 aliphatic heterocycles. The van der Waals surface area contributed by atoms with Crippen LogP contribution in [0, 0.1) is 6.92 Å². The van der Waals surface area contributed by atoms with Gasteiger partial charge in [-0.25, -0.2) is 9.78 Å². The molecule has 0 unspecified atom stereocenters. The highest BCUT2D eigenvalue weighted by Crippen LogP contribution is 2.27. The molecule has 0 radical (unpaired) electrons. The Bertz CT molecular complexity index is 1460. The van der Waals surface area contributed by atoms with E-state index in [9.17, 15) is 9.90 Å². The van der Waals surface area contributed by atoms with Crippen LogP contribution in [0.3, 0.4) is 0 Å². The number of amides is 1. The number of carbonyl (C=O) groups excluding carboxylic acids is 1. The van der Waals surface area contributed by atoms with Gasteiger partial charge in [0.1, 0.15) is 23.9 Å². The summed E-state index contributed by atoms with van der Waals surface area (Å²) in [5, 5.41) is 21.1. The molecule has 0 aliphatic carbocycles. The molecular formula is C28H33N7O4. The van der Waals surface area contributed by atoms with Crippen LogP contribution in [0.1, 0.15) is 38.4 Å². The van der Waals surface area contributed by atoms with Gasteiger partial charge in [-0.15, -0.1) is 5.10 Å². The number of ether oxygens (including phenoxy) is 2. The zero-order chi connectivity index (χ0) is 27.6. The van der Waals surface area contributed by atoms with Crippen LogP contribution in [0.2, 0.25) is 0 Å². The molecule has 2 N–H and O–H groups in total. The van der Waals surface area contributed by atoms with E-state index in [1.807, 2.05) is 74.7 Å². The SMILES string of the molecule is Cc1ccc(Nc2ccc3c(c2)ncn3-c2ccc(CCO)c(O[C@H]3CCN(C(=O)OC(C)(C)C)C3)n2)nn1. The van der Waals surface area contributed by atoms with E-state index >= 15 is 0 Å². The lowest BCUT2D eigenvalue weighted by molar-refractivity contribution is 0.0274. The summed E-state index contributed by atoms with van der Waals surface area (Å²) in [6.45, 7) is 8.37. The van der Waals surface area contributed by atoms with Crippen molar-refractivity contribution in [2.45, 2.75) is 52.2 Å². The van der Waals surface area contributed by atoms with E-state index in [1.165, 1.54) is 0 Å². The lowest BCUT2D eigenvalue weighted by atomic mass is 10.2. The Morgan fingerprint density at radius 1 is 1.15 bits per heavy atom. The molecule has 204 valence electrons. The van der Waals surface area contributed by atoms with E-state index in [1.54, 1.807) is 11.2 Å². The average Bonchev–Trinajstić information content (AvgIpc) is 3.53. The third-order valence-electron chi connectivity index (χ3n) is 6.24. The van der Waals surface area contributed by atoms with Gasteiger partial charge in [-0.05, 0) is 70.2 Å². The lowest BCUT2D eigenvalue weighted by Gasteiger charge is -2.24. The average molecular weight is 532 g/mol. The number of fused-ring (bicyclic) bond motifs is 1. The van der Waals surface area contributed by atoms with Gasteiger partial charge in [0.05, 0.1) is 23.3 Å². The number of pyridine rings is 1. The Kier molecular flexibility index (Phi) is 7.34. The molecule has 0 saturated carbocycles. The summed E-state index contributed by atoms with van der Waals surface area (Å²) in [6.07, 6.45) is 2.22. The number of imidazole rings is 1. The molecule has 4 heterocycles. The Morgan fingerprint density at radius 2 is 2.00 bits per heavy atom. The van der Waals surface area contributed by atoms with Crippen LogP contribution in [0.5, 0.6) is 5.88 Å². The third kappa shape index (κ3) is 6.26. The zero-order valence-corrected chi connectivity index (χ0v) is 22.6. The minimum Gasteiger partial charge on any atom is -0.472 e. The van der Waals surface area contributed by atoms with Crippen molar-refractivity contribution in [2.75, 3.05) is 25.0 Å². The van der Waals surface area contributed by atoms with Crippen molar-refractivity contribution in [3.05, 3.63) is 60.0 Å². The van der Waals surface area contributed by atoms with Crippen LogP contribution in [-0.4, -0.2) is 72.2 Å². The van der Waals surface area contributed by atoms with E-state index in [-0.39, 0.29) is 18.8 Å². The Labute approximate surface area is 226 Å². The van der Waals surface area contributed by atoms with Crippen molar-refractivity contribution in [1.29, 1.82) is 0 Å². The molecule has 11 nitrogen and oxygen atoms in total. The Balaban J connectivity index is 1.35. The third-order valence-corrected chi connectivity index (χ3v) is 6.24. The van der Waals surface area contributed by atoms with Crippen molar-refractivity contribution in [1.82, 2.24) is 29.6 Å². The van der Waals surface area contributed by atoms with Gasteiger partial charge in [-0.3, -0.25) is 4.57 Å². The topological polar surface area (TPSA) is 128 Å². The van der Waals surface area contributed by atoms with Crippen LogP contribution in [-0.2, 0) is 11.2 Å². The number of likely N-dealkylation sites (tertiary alicyclic amines) is 1. The molecule has 1 amide bonds. The molecular weight excluding hydrogens is 498 g/mol. The largest absolute Gasteiger partial charge is 0.472 e. The summed E-state index contributed by atoms with van der Waals surface area (Å²) in [5.41, 5.74) is 3.60. The van der Waals surface area contributed by atoms with Gasteiger partial charge >= 0.3 is 6.09 Å². The number of nitrogens with one attached hydrogen (secondary N) is 1. The summed E-state index contributed by atoms with van der Waals surface area (Å²) in [4.78, 5) is 23.5. The molecule has 1 saturated heterocycles. The highest BCUT2D eigenvalue weighted by molar-refractivity contribution is 5.82. The van der Waals surface area contributed by atoms with Crippen LogP contribution >= 0.6 is 0 Å². The summed E-state index contributed by atoms with van der Waals surface area (Å²) < 4.78 is 13.7. The summed E-state index contributed by atoms with van der Waals surface area (Å²) in [6, 6.07) is 13.4. The summed E-state index contributed by atoms with van der Waals surface area (Å²) in [7, 11) is 0. The van der Waals surface area contributed by atoms with Gasteiger partial charge in [-0.2, -0.15) is 10.1 Å². The fourth-order valence-electron chi connectivity index (χ4n) is 4.37. The number of carbonyl (C=O) groups is 1. The van der Waals surface area contributed by atoms with Gasteiger partial charge in [0.15, 0.2) is 5.82 Å². The smallest absolute Gasteiger partial charge is 0.410 e. The second-order valence-electron chi connectivity index (χ2n) is 10.6. The fraction of sp³-hybridized carbons (Fsp3) is 0.393. The first-order valence-electron chi connectivity index (χ1n) is 13.0. The first kappa shape index (κ1) is 26.4. The Hall–Kier alpha value is -4.25. The van der Waals surface area contributed by atoms with Crippen molar-refractivity contribution in [2.24, 2.45) is 0 Å². The molecule has 1 aliphatic rings. The van der Waals surface area contributed by atoms with E-state index in [0.29, 0.717) is 43.4 Å². The predicted octanol–water partition coefficient (Wildman–Crippen LogP) is 4.19. The van der Waals surface area contributed by atoms with Crippen LogP contribution in [0.25, 0.3) is 16.9 Å². The van der Waals surface area contributed by atoms with Gasteiger partial charge in [0, 0.05) is 37.2 Å². The Morgan fingerprint density at radius 3 is 2.74 bits per heavy atom. The minimum absolute atomic E-state index is 0.0266. The highest BCUT2D eigenvalue weighted by Gasteiger charge is 2.31. The van der Waals surface area contributed by atoms with Gasteiger partial charge in [-0.1, -0.05) is 0 Å². The molecule has 39 heavy (non-hydrogen) atoms. The molecule has 4 aromatic rings. The summed E-state index contributed by atoms with van der Waals surface area (Å²) in [5.74, 6) is 1.73. The maximum atomic E-state index is 12.5. The molecule has 0 bridgehead atoms. The number of anilines is 2.